The first-order chi connectivity index (χ1) is 11.2. The molecule has 0 fully saturated rings. The maximum absolute atomic E-state index is 12.4. The van der Waals surface area contributed by atoms with Crippen LogP contribution >= 0.6 is 0 Å². The summed E-state index contributed by atoms with van der Waals surface area (Å²) in [5, 5.41) is 0. The molecule has 1 heterocycles. The number of benzene rings is 1. The molecule has 1 aliphatic heterocycles. The first-order valence-corrected chi connectivity index (χ1v) is 7.67. The fourth-order valence-corrected chi connectivity index (χ4v) is 2.36. The molecule has 0 bridgehead atoms. The summed E-state index contributed by atoms with van der Waals surface area (Å²) in [6.07, 6.45) is 2.11. The van der Waals surface area contributed by atoms with Gasteiger partial charge in [-0.2, -0.15) is 8.78 Å². The van der Waals surface area contributed by atoms with E-state index >= 15 is 0 Å². The maximum atomic E-state index is 12.4. The Morgan fingerprint density at radius 3 is 2.58 bits per heavy atom. The number of nitrogens with zero attached hydrogens (tertiary/aromatic N) is 1. The highest BCUT2D eigenvalue weighted by molar-refractivity contribution is 5.74. The van der Waals surface area contributed by atoms with Crippen molar-refractivity contribution in [3.63, 3.8) is 0 Å². The molecule has 0 spiro atoms. The average molecular weight is 340 g/mol. The van der Waals surface area contributed by atoms with Gasteiger partial charge in [-0.1, -0.05) is 12.1 Å². The van der Waals surface area contributed by atoms with E-state index in [1.54, 1.807) is 11.0 Å². The number of anilines is 1. The third-order valence-corrected chi connectivity index (χ3v) is 3.46. The van der Waals surface area contributed by atoms with Gasteiger partial charge in [-0.3, -0.25) is 0 Å². The number of alkyl halides is 2. The Kier molecular flexibility index (Phi) is 5.31. The molecule has 0 saturated carbocycles. The molecule has 2 rings (SSSR count). The number of carbonyl (C=O) groups excluding carboxylic acids is 1. The highest BCUT2D eigenvalue weighted by atomic mass is 19.3. The smallest absolute Gasteiger partial charge is 0.410 e. The van der Waals surface area contributed by atoms with Crippen LogP contribution in [0.1, 0.15) is 32.8 Å². The van der Waals surface area contributed by atoms with E-state index in [1.165, 1.54) is 12.1 Å². The van der Waals surface area contributed by atoms with Gasteiger partial charge < -0.3 is 20.1 Å². The van der Waals surface area contributed by atoms with Crippen molar-refractivity contribution in [1.29, 1.82) is 0 Å². The lowest BCUT2D eigenvalue weighted by molar-refractivity contribution is -0.0493. The second-order valence-corrected chi connectivity index (χ2v) is 6.54. The van der Waals surface area contributed by atoms with Crippen LogP contribution in [0.4, 0.5) is 19.3 Å². The van der Waals surface area contributed by atoms with Gasteiger partial charge in [-0.05, 0) is 50.5 Å². The SMILES string of the molecule is CC(C)(C)OC(=O)N1CC=C(c2ccc(N)c(OC(F)F)c2)CC1. The van der Waals surface area contributed by atoms with Gasteiger partial charge in [0.1, 0.15) is 11.4 Å². The van der Waals surface area contributed by atoms with Gasteiger partial charge >= 0.3 is 12.7 Å². The summed E-state index contributed by atoms with van der Waals surface area (Å²) < 4.78 is 34.6. The van der Waals surface area contributed by atoms with Crippen LogP contribution in [-0.2, 0) is 4.74 Å². The van der Waals surface area contributed by atoms with Crippen molar-refractivity contribution >= 4 is 17.4 Å². The molecule has 7 heteroatoms. The molecule has 2 N–H and O–H groups in total. The Balaban J connectivity index is 2.08. The van der Waals surface area contributed by atoms with Crippen molar-refractivity contribution in [2.45, 2.75) is 39.4 Å². The van der Waals surface area contributed by atoms with Crippen molar-refractivity contribution in [3.05, 3.63) is 29.8 Å². The summed E-state index contributed by atoms with van der Waals surface area (Å²) in [4.78, 5) is 13.6. The molecular weight excluding hydrogens is 318 g/mol. The van der Waals surface area contributed by atoms with E-state index in [0.29, 0.717) is 19.5 Å². The van der Waals surface area contributed by atoms with Crippen LogP contribution in [0.3, 0.4) is 0 Å². The molecule has 5 nitrogen and oxygen atoms in total. The van der Waals surface area contributed by atoms with E-state index < -0.39 is 12.2 Å². The summed E-state index contributed by atoms with van der Waals surface area (Å²) in [5.74, 6) is -0.0435. The van der Waals surface area contributed by atoms with Gasteiger partial charge in [-0.25, -0.2) is 4.79 Å². The van der Waals surface area contributed by atoms with Crippen LogP contribution in [0.15, 0.2) is 24.3 Å². The molecule has 1 amide bonds. The topological polar surface area (TPSA) is 64.8 Å². The normalized spacial score (nSPS) is 15.2. The van der Waals surface area contributed by atoms with Gasteiger partial charge in [0.05, 0.1) is 5.69 Å². The molecule has 1 aromatic carbocycles. The minimum atomic E-state index is -2.93. The van der Waals surface area contributed by atoms with E-state index in [0.717, 1.165) is 11.1 Å². The quantitative estimate of drug-likeness (QED) is 0.848. The van der Waals surface area contributed by atoms with Gasteiger partial charge in [-0.15, -0.1) is 0 Å². The molecular formula is C17H22F2N2O3. The monoisotopic (exact) mass is 340 g/mol. The zero-order valence-corrected chi connectivity index (χ0v) is 14.0. The number of nitrogen functional groups attached to an aromatic ring is 1. The zero-order chi connectivity index (χ0) is 17.9. The molecule has 24 heavy (non-hydrogen) atoms. The minimum Gasteiger partial charge on any atom is -0.444 e. The third-order valence-electron chi connectivity index (χ3n) is 3.46. The Bertz CT molecular complexity index is 639. The van der Waals surface area contributed by atoms with Crippen LogP contribution in [0, 0.1) is 0 Å². The van der Waals surface area contributed by atoms with E-state index in [9.17, 15) is 13.6 Å². The number of ether oxygens (including phenoxy) is 2. The number of carbonyl (C=O) groups is 1. The van der Waals surface area contributed by atoms with Gasteiger partial charge in [0.2, 0.25) is 0 Å². The standard InChI is InChI=1S/C17H22F2N2O3/c1-17(2,3)24-16(22)21-8-6-11(7-9-21)12-4-5-13(20)14(10-12)23-15(18)19/h4-6,10,15H,7-9,20H2,1-3H3. The van der Waals surface area contributed by atoms with Crippen molar-refractivity contribution < 1.29 is 23.0 Å². The number of amides is 1. The first kappa shape index (κ1) is 18.0. The molecule has 0 aliphatic carbocycles. The second-order valence-electron chi connectivity index (χ2n) is 6.54. The van der Waals surface area contributed by atoms with Crippen molar-refractivity contribution in [2.24, 2.45) is 0 Å². The Hall–Kier alpha value is -2.31. The summed E-state index contributed by atoms with van der Waals surface area (Å²) in [6, 6.07) is 4.78. The lowest BCUT2D eigenvalue weighted by Gasteiger charge is -2.29. The lowest BCUT2D eigenvalue weighted by Crippen LogP contribution is -2.39. The first-order valence-electron chi connectivity index (χ1n) is 7.67. The average Bonchev–Trinajstić information content (AvgIpc) is 2.47. The van der Waals surface area contributed by atoms with Gasteiger partial charge in [0.15, 0.2) is 0 Å². The molecule has 1 aliphatic rings. The second kappa shape index (κ2) is 7.07. The van der Waals surface area contributed by atoms with E-state index in [4.69, 9.17) is 10.5 Å². The zero-order valence-electron chi connectivity index (χ0n) is 14.0. The van der Waals surface area contributed by atoms with Crippen LogP contribution in [0.5, 0.6) is 5.75 Å². The Labute approximate surface area is 140 Å². The van der Waals surface area contributed by atoms with Crippen molar-refractivity contribution in [2.75, 3.05) is 18.8 Å². The van der Waals surface area contributed by atoms with Gasteiger partial charge in [0.25, 0.3) is 0 Å². The van der Waals surface area contributed by atoms with E-state index in [-0.39, 0.29) is 17.5 Å². The number of rotatable bonds is 3. The maximum Gasteiger partial charge on any atom is 0.410 e. The van der Waals surface area contributed by atoms with E-state index in [2.05, 4.69) is 4.74 Å². The molecule has 1 aromatic rings. The summed E-state index contributed by atoms with van der Waals surface area (Å²) in [6.45, 7) is 3.42. The Morgan fingerprint density at radius 1 is 1.33 bits per heavy atom. The number of nitrogens with two attached hydrogens (primary N) is 1. The van der Waals surface area contributed by atoms with E-state index in [1.807, 2.05) is 26.8 Å². The lowest BCUT2D eigenvalue weighted by atomic mass is 9.99. The fraction of sp³-hybridized carbons (Fsp3) is 0.471. The highest BCUT2D eigenvalue weighted by Gasteiger charge is 2.24. The molecule has 0 aromatic heterocycles. The molecule has 0 atom stereocenters. The molecule has 0 radical (unpaired) electrons. The Morgan fingerprint density at radius 2 is 2.04 bits per heavy atom. The van der Waals surface area contributed by atoms with Crippen LogP contribution < -0.4 is 10.5 Å². The number of hydrogen-bond donors (Lipinski definition) is 1. The van der Waals surface area contributed by atoms with Crippen LogP contribution in [0.25, 0.3) is 5.57 Å². The fourth-order valence-electron chi connectivity index (χ4n) is 2.36. The molecule has 0 saturated heterocycles. The largest absolute Gasteiger partial charge is 0.444 e. The summed E-state index contributed by atoms with van der Waals surface area (Å²) in [7, 11) is 0. The summed E-state index contributed by atoms with van der Waals surface area (Å²) >= 11 is 0. The summed E-state index contributed by atoms with van der Waals surface area (Å²) in [5.41, 5.74) is 6.96. The van der Waals surface area contributed by atoms with Crippen molar-refractivity contribution in [3.8, 4) is 5.75 Å². The predicted molar refractivity (Wildman–Crippen MR) is 87.9 cm³/mol. The minimum absolute atomic E-state index is 0.0435. The van der Waals surface area contributed by atoms with Crippen LogP contribution in [0.2, 0.25) is 0 Å². The van der Waals surface area contributed by atoms with Gasteiger partial charge in [0, 0.05) is 13.1 Å². The third kappa shape index (κ3) is 4.84. The predicted octanol–water partition coefficient (Wildman–Crippen LogP) is 3.89. The molecule has 132 valence electrons. The molecule has 0 unspecified atom stereocenters. The number of hydrogen-bond acceptors (Lipinski definition) is 4. The highest BCUT2D eigenvalue weighted by Crippen LogP contribution is 2.30. The number of halogens is 2. The van der Waals surface area contributed by atoms with Crippen molar-refractivity contribution in [1.82, 2.24) is 4.90 Å². The van der Waals surface area contributed by atoms with Crippen LogP contribution in [-0.4, -0.2) is 36.3 Å².